The van der Waals surface area contributed by atoms with E-state index in [9.17, 15) is 0 Å². The molecule has 1 aliphatic rings. The van der Waals surface area contributed by atoms with E-state index in [1.54, 1.807) is 0 Å². The molecule has 0 atom stereocenters. The molecular formula is C25H25GeO. The molecule has 0 heterocycles. The average Bonchev–Trinajstić information content (AvgIpc) is 3.06. The van der Waals surface area contributed by atoms with Crippen LogP contribution in [-0.2, 0) is 3.76 Å². The standard InChI is InChI=1S/C25H25GeO/c1-25(2)19-18-24(20-25)27-26(21-12-6-3-7-13-21,22-14-8-4-9-15-22)23-16-10-5-11-17-23/h3-19H,20H2,1-2H3. The van der Waals surface area contributed by atoms with Crippen molar-refractivity contribution in [3.8, 4) is 0 Å². The minimum atomic E-state index is -3.33. The molecule has 0 N–H and O–H groups in total. The molecule has 3 aromatic carbocycles. The molecule has 1 nitrogen and oxygen atoms in total. The maximum atomic E-state index is 7.11. The molecule has 0 aromatic heterocycles. The molecule has 0 spiro atoms. The fourth-order valence-electron chi connectivity index (χ4n) is 3.85. The Morgan fingerprint density at radius 2 is 1.07 bits per heavy atom. The number of hydrogen-bond donors (Lipinski definition) is 0. The van der Waals surface area contributed by atoms with Gasteiger partial charge in [-0.05, 0) is 0 Å². The number of hydrogen-bond acceptors (Lipinski definition) is 1. The summed E-state index contributed by atoms with van der Waals surface area (Å²) in [5.41, 5.74) is 0.160. The van der Waals surface area contributed by atoms with Crippen LogP contribution in [0.4, 0.5) is 0 Å². The van der Waals surface area contributed by atoms with E-state index in [0.29, 0.717) is 0 Å². The van der Waals surface area contributed by atoms with Crippen molar-refractivity contribution in [3.05, 3.63) is 109 Å². The fourth-order valence-corrected chi connectivity index (χ4v) is 12.0. The van der Waals surface area contributed by atoms with E-state index in [1.807, 2.05) is 0 Å². The summed E-state index contributed by atoms with van der Waals surface area (Å²) in [5.74, 6) is 0. The van der Waals surface area contributed by atoms with Crippen molar-refractivity contribution in [2.75, 3.05) is 0 Å². The fraction of sp³-hybridized carbons (Fsp3) is 0.160. The van der Waals surface area contributed by atoms with Gasteiger partial charge in [-0.2, -0.15) is 0 Å². The molecule has 2 heteroatoms. The van der Waals surface area contributed by atoms with Crippen LogP contribution >= 0.6 is 0 Å². The van der Waals surface area contributed by atoms with Gasteiger partial charge in [0.2, 0.25) is 0 Å². The maximum absolute atomic E-state index is 7.11. The second-order valence-corrected chi connectivity index (χ2v) is 14.8. The van der Waals surface area contributed by atoms with Gasteiger partial charge < -0.3 is 0 Å². The third-order valence-corrected chi connectivity index (χ3v) is 13.6. The van der Waals surface area contributed by atoms with E-state index in [1.165, 1.54) is 13.2 Å². The SMILES string of the molecule is CC1(C)C=C[C]([O][Ge]([c]2ccccc2)([c]2ccccc2)[c]2ccccc2)C1. The summed E-state index contributed by atoms with van der Waals surface area (Å²) >= 11 is -3.33. The van der Waals surface area contributed by atoms with Crippen molar-refractivity contribution < 1.29 is 3.76 Å². The predicted octanol–water partition coefficient (Wildman–Crippen LogP) is 4.19. The number of benzene rings is 3. The Morgan fingerprint density at radius 1 is 0.667 bits per heavy atom. The van der Waals surface area contributed by atoms with Gasteiger partial charge in [-0.15, -0.1) is 0 Å². The van der Waals surface area contributed by atoms with Crippen LogP contribution in [0.3, 0.4) is 0 Å². The molecule has 0 bridgehead atoms. The second kappa shape index (κ2) is 7.49. The first kappa shape index (κ1) is 18.3. The zero-order chi connectivity index (χ0) is 18.7. The Labute approximate surface area is 165 Å². The van der Waals surface area contributed by atoms with Crippen LogP contribution < -0.4 is 13.2 Å². The zero-order valence-corrected chi connectivity index (χ0v) is 18.0. The summed E-state index contributed by atoms with van der Waals surface area (Å²) < 4.78 is 11.1. The molecule has 135 valence electrons. The van der Waals surface area contributed by atoms with Gasteiger partial charge in [0, 0.05) is 0 Å². The Morgan fingerprint density at radius 3 is 1.41 bits per heavy atom. The molecule has 1 radical (unpaired) electrons. The van der Waals surface area contributed by atoms with Gasteiger partial charge >= 0.3 is 165 Å². The van der Waals surface area contributed by atoms with Crippen molar-refractivity contribution in [3.63, 3.8) is 0 Å². The van der Waals surface area contributed by atoms with Crippen LogP contribution in [0.2, 0.25) is 0 Å². The van der Waals surface area contributed by atoms with Crippen LogP contribution in [0, 0.1) is 11.5 Å². The van der Waals surface area contributed by atoms with Crippen molar-refractivity contribution >= 4 is 26.8 Å². The van der Waals surface area contributed by atoms with Crippen molar-refractivity contribution in [2.24, 2.45) is 5.41 Å². The third-order valence-electron chi connectivity index (χ3n) is 5.18. The molecule has 1 aliphatic carbocycles. The Bertz CT molecular complexity index is 804. The first-order valence-electron chi connectivity index (χ1n) is 9.51. The summed E-state index contributed by atoms with van der Waals surface area (Å²) in [6, 6.07) is 32.5. The topological polar surface area (TPSA) is 9.23 Å². The van der Waals surface area contributed by atoms with Crippen LogP contribution in [0.15, 0.2) is 103 Å². The van der Waals surface area contributed by atoms with Crippen LogP contribution in [0.5, 0.6) is 0 Å². The zero-order valence-electron chi connectivity index (χ0n) is 15.9. The molecule has 0 aliphatic heterocycles. The summed E-state index contributed by atoms with van der Waals surface area (Å²) in [7, 11) is 0. The monoisotopic (exact) mass is 415 g/mol. The molecule has 0 unspecified atom stereocenters. The third kappa shape index (κ3) is 3.67. The van der Waals surface area contributed by atoms with E-state index in [2.05, 4.69) is 117 Å². The van der Waals surface area contributed by atoms with E-state index in [4.69, 9.17) is 3.76 Å². The van der Waals surface area contributed by atoms with Crippen LogP contribution in [0.1, 0.15) is 20.3 Å². The number of allylic oxidation sites excluding steroid dienone is 1. The Hall–Kier alpha value is -2.10. The Balaban J connectivity index is 1.91. The van der Waals surface area contributed by atoms with Gasteiger partial charge in [0.1, 0.15) is 0 Å². The molecule has 3 aromatic rings. The molecule has 4 rings (SSSR count). The van der Waals surface area contributed by atoms with E-state index >= 15 is 0 Å². The predicted molar refractivity (Wildman–Crippen MR) is 116 cm³/mol. The quantitative estimate of drug-likeness (QED) is 0.570. The van der Waals surface area contributed by atoms with Crippen molar-refractivity contribution in [2.45, 2.75) is 20.3 Å². The summed E-state index contributed by atoms with van der Waals surface area (Å²) in [4.78, 5) is 0. The van der Waals surface area contributed by atoms with Gasteiger partial charge in [-0.25, -0.2) is 0 Å². The first-order chi connectivity index (χ1) is 13.1. The molecule has 0 saturated carbocycles. The van der Waals surface area contributed by atoms with Crippen LogP contribution in [-0.4, -0.2) is 13.6 Å². The van der Waals surface area contributed by atoms with Gasteiger partial charge in [0.25, 0.3) is 0 Å². The number of rotatable bonds is 5. The molecular weight excluding hydrogens is 389 g/mol. The van der Waals surface area contributed by atoms with E-state index < -0.39 is 13.6 Å². The van der Waals surface area contributed by atoms with E-state index in [0.717, 1.165) is 12.5 Å². The van der Waals surface area contributed by atoms with Crippen molar-refractivity contribution in [1.82, 2.24) is 0 Å². The minimum absolute atomic E-state index is 0.160. The molecule has 0 amide bonds. The summed E-state index contributed by atoms with van der Waals surface area (Å²) in [6.07, 6.45) is 6.52. The van der Waals surface area contributed by atoms with Gasteiger partial charge in [0.15, 0.2) is 0 Å². The second-order valence-electron chi connectivity index (χ2n) is 7.85. The van der Waals surface area contributed by atoms with Gasteiger partial charge in [-0.1, -0.05) is 0 Å². The normalized spacial score (nSPS) is 16.5. The van der Waals surface area contributed by atoms with Crippen molar-refractivity contribution in [1.29, 1.82) is 0 Å². The first-order valence-corrected chi connectivity index (χ1v) is 13.5. The van der Waals surface area contributed by atoms with Crippen LogP contribution in [0.25, 0.3) is 0 Å². The molecule has 0 fully saturated rings. The van der Waals surface area contributed by atoms with E-state index in [-0.39, 0.29) is 5.41 Å². The summed E-state index contributed by atoms with van der Waals surface area (Å²) in [6.45, 7) is 4.53. The molecule has 27 heavy (non-hydrogen) atoms. The van der Waals surface area contributed by atoms with Gasteiger partial charge in [-0.3, -0.25) is 0 Å². The summed E-state index contributed by atoms with van der Waals surface area (Å²) in [5, 5.41) is 0. The Kier molecular flexibility index (Phi) is 5.07. The van der Waals surface area contributed by atoms with Gasteiger partial charge in [0.05, 0.1) is 0 Å². The average molecular weight is 414 g/mol. The molecule has 0 saturated heterocycles.